The third kappa shape index (κ3) is 33.8. The van der Waals surface area contributed by atoms with E-state index in [4.69, 9.17) is 0 Å². The van der Waals surface area contributed by atoms with Crippen LogP contribution in [0.4, 0.5) is 34.5 Å². The molecule has 266 valence electrons. The molecule has 0 nitrogen and oxygen atoms in total. The summed E-state index contributed by atoms with van der Waals surface area (Å²) in [6.07, 6.45) is 0. The Morgan fingerprint density at radius 1 is 0.422 bits per heavy atom. The van der Waals surface area contributed by atoms with Crippen molar-refractivity contribution in [1.29, 1.82) is 0 Å². The van der Waals surface area contributed by atoms with Gasteiger partial charge in [0.2, 0.25) is 0 Å². The van der Waals surface area contributed by atoms with Crippen LogP contribution in [0.2, 0.25) is 0 Å². The van der Waals surface area contributed by atoms with Crippen molar-refractivity contribution in [1.82, 2.24) is 0 Å². The van der Waals surface area contributed by atoms with Crippen molar-refractivity contribution >= 4 is 65.0 Å². The van der Waals surface area contributed by atoms with Crippen molar-refractivity contribution in [3.05, 3.63) is 75.3 Å². The molecule has 0 atom stereocenters. The Morgan fingerprint density at radius 2 is 0.511 bits per heavy atom. The van der Waals surface area contributed by atoms with Gasteiger partial charge in [0, 0.05) is 0 Å². The quantitative estimate of drug-likeness (QED) is 0.112. The average Bonchev–Trinajstić information content (AvgIpc) is 3.08. The van der Waals surface area contributed by atoms with Gasteiger partial charge in [-0.15, -0.1) is 0 Å². The number of hydrogen-bond acceptors (Lipinski definition) is 4. The van der Waals surface area contributed by atoms with Gasteiger partial charge in [0.25, 0.3) is 0 Å². The van der Waals surface area contributed by atoms with Gasteiger partial charge in [0.05, 0.1) is 0 Å². The Hall–Kier alpha value is 0.162. The molecule has 0 bridgehead atoms. The first kappa shape index (κ1) is 60.5. The second kappa shape index (κ2) is 28.0. The van der Waals surface area contributed by atoms with E-state index >= 15 is 0 Å². The first-order valence-electron chi connectivity index (χ1n) is 12.6. The summed E-state index contributed by atoms with van der Waals surface area (Å²) in [6.45, 7) is 29.3. The standard InChI is InChI=1S/2C10H15.2C4H8S2.2BF4.2Fe.Ni/c2*1-6-7(2)9(4)10(5)8(6)3;2*1-3(5)4(2)6;2*2-1(3,4)5;;;/h2*1-5H3;2*5-6H,1-2H3;;;;;/q2*-1;;;2*-1;2*+3;+2/p-4/b;;2*4-3-;;;;;. The third-order valence-electron chi connectivity index (χ3n) is 6.62. The van der Waals surface area contributed by atoms with Gasteiger partial charge in [-0.3, -0.25) is 0 Å². The molecule has 0 spiro atoms. The van der Waals surface area contributed by atoms with Gasteiger partial charge >= 0.3 is 65.1 Å². The fraction of sp³-hybridized carbons (Fsp3) is 0.500. The summed E-state index contributed by atoms with van der Waals surface area (Å²) in [5.41, 5.74) is 14.7. The van der Waals surface area contributed by atoms with E-state index in [2.05, 4.69) is 120 Å². The Kier molecular flexibility index (Phi) is 37.7. The van der Waals surface area contributed by atoms with Crippen LogP contribution in [-0.4, -0.2) is 14.5 Å². The van der Waals surface area contributed by atoms with Gasteiger partial charge in [-0.05, 0) is 0 Å². The molecule has 0 aliphatic heterocycles. The molecule has 0 aromatic heterocycles. The predicted octanol–water partition coefficient (Wildman–Crippen LogP) is 11.2. The van der Waals surface area contributed by atoms with Gasteiger partial charge in [0.1, 0.15) is 0 Å². The minimum absolute atomic E-state index is 0. The van der Waals surface area contributed by atoms with Crippen LogP contribution in [0.25, 0.3) is 0 Å². The van der Waals surface area contributed by atoms with Crippen LogP contribution in [0.5, 0.6) is 0 Å². The topological polar surface area (TPSA) is 0 Å². The average molecular weight is 851 g/mol. The van der Waals surface area contributed by atoms with Gasteiger partial charge in [-0.1, -0.05) is 96.9 Å². The molecule has 2 radical (unpaired) electrons. The Balaban J connectivity index is -0.0000000781. The summed E-state index contributed by atoms with van der Waals surface area (Å²) in [5.74, 6) is 0. The molecular weight excluding hydrogens is 809 g/mol. The van der Waals surface area contributed by atoms with Crippen LogP contribution in [0.1, 0.15) is 83.3 Å². The molecule has 0 saturated heterocycles. The summed E-state index contributed by atoms with van der Waals surface area (Å²) in [7, 11) is -12.0. The molecular formula is C28H42B2F8Fe2NiS4. The fourth-order valence-corrected chi connectivity index (χ4v) is 2.81. The molecule has 0 fully saturated rings. The summed E-state index contributed by atoms with van der Waals surface area (Å²) in [6, 6.07) is 0. The molecule has 0 N–H and O–H groups in total. The van der Waals surface area contributed by atoms with Crippen LogP contribution in [0.3, 0.4) is 0 Å². The molecule has 2 aromatic rings. The van der Waals surface area contributed by atoms with Crippen molar-refractivity contribution in [3.63, 3.8) is 0 Å². The maximum Gasteiger partial charge on any atom is 3.00 e. The maximum absolute atomic E-state index is 9.75. The molecule has 0 unspecified atom stereocenters. The molecule has 0 heterocycles. The Bertz CT molecular complexity index is 877. The first-order chi connectivity index (χ1) is 18.4. The minimum atomic E-state index is -6.00. The zero-order valence-electron chi connectivity index (χ0n) is 27.8. The number of hydrogen-bond donors (Lipinski definition) is 0. The molecule has 2 rings (SSSR count). The van der Waals surface area contributed by atoms with Crippen LogP contribution >= 0.6 is 0 Å². The molecule has 45 heavy (non-hydrogen) atoms. The van der Waals surface area contributed by atoms with Crippen LogP contribution in [0.15, 0.2) is 19.6 Å². The fourth-order valence-electron chi connectivity index (χ4n) is 2.81. The Morgan fingerprint density at radius 3 is 0.533 bits per heavy atom. The number of allylic oxidation sites excluding steroid dienone is 4. The smallest absolute Gasteiger partial charge is 0.786 e. The normalized spacial score (nSPS) is 11.0. The summed E-state index contributed by atoms with van der Waals surface area (Å²) in [4.78, 5) is 3.30. The Labute approximate surface area is 320 Å². The van der Waals surface area contributed by atoms with E-state index < -0.39 is 14.5 Å². The van der Waals surface area contributed by atoms with Gasteiger partial charge in [-0.25, -0.2) is 19.6 Å². The van der Waals surface area contributed by atoms with E-state index in [0.29, 0.717) is 0 Å². The largest absolute Gasteiger partial charge is 3.00 e. The molecule has 17 heteroatoms. The van der Waals surface area contributed by atoms with Crippen molar-refractivity contribution in [3.8, 4) is 0 Å². The van der Waals surface area contributed by atoms with Crippen LogP contribution in [-0.2, 0) is 101 Å². The first-order valence-corrected chi connectivity index (χ1v) is 14.2. The summed E-state index contributed by atoms with van der Waals surface area (Å²) >= 11 is 18.7. The maximum atomic E-state index is 9.75. The van der Waals surface area contributed by atoms with E-state index in [1.54, 1.807) is 0 Å². The molecule has 0 saturated carbocycles. The summed E-state index contributed by atoms with van der Waals surface area (Å²) < 4.78 is 78.0. The van der Waals surface area contributed by atoms with Crippen molar-refractivity contribution in [2.45, 2.75) is 96.9 Å². The van der Waals surface area contributed by atoms with E-state index in [9.17, 15) is 34.5 Å². The molecule has 2 aromatic carbocycles. The van der Waals surface area contributed by atoms with Gasteiger partial charge in [0.15, 0.2) is 0 Å². The summed E-state index contributed by atoms with van der Waals surface area (Å²) in [5, 5.41) is 0. The van der Waals surface area contributed by atoms with Crippen molar-refractivity contribution in [2.75, 3.05) is 0 Å². The molecule has 0 amide bonds. The van der Waals surface area contributed by atoms with Crippen molar-refractivity contribution < 1.29 is 85.2 Å². The SMILES string of the molecule is C/C([S-])=C(\C)[S-].C/C([S-])=C(\C)[S-].Cc1c(C)c(C)[c-](C)c1C.Cc1c(C)c(C)[c-](C)c1C.F[B-](F)(F)F.F[B-](F)(F)F.[Fe+3].[Fe+3].[Ni+2]. The predicted molar refractivity (Wildman–Crippen MR) is 178 cm³/mol. The molecule has 0 aliphatic carbocycles. The van der Waals surface area contributed by atoms with Gasteiger partial charge in [-0.2, -0.15) is 55.6 Å². The van der Waals surface area contributed by atoms with Crippen molar-refractivity contribution in [2.24, 2.45) is 0 Å². The third-order valence-corrected chi connectivity index (χ3v) is 8.10. The molecule has 0 aliphatic rings. The zero-order chi connectivity index (χ0) is 35.1. The monoisotopic (exact) mass is 850 g/mol. The minimum Gasteiger partial charge on any atom is -0.786 e. The van der Waals surface area contributed by atoms with E-state index in [1.807, 2.05) is 27.7 Å². The number of rotatable bonds is 0. The van der Waals surface area contributed by atoms with E-state index in [-0.39, 0.29) is 50.6 Å². The second-order valence-electron chi connectivity index (χ2n) is 9.46. The van der Waals surface area contributed by atoms with Gasteiger partial charge < -0.3 is 85.0 Å². The zero-order valence-corrected chi connectivity index (χ0v) is 34.3. The van der Waals surface area contributed by atoms with E-state index in [0.717, 1.165) is 19.6 Å². The van der Waals surface area contributed by atoms with Crippen LogP contribution < -0.4 is 0 Å². The number of halogens is 8. The van der Waals surface area contributed by atoms with E-state index in [1.165, 1.54) is 55.6 Å². The second-order valence-corrected chi connectivity index (χ2v) is 11.9. The van der Waals surface area contributed by atoms with Crippen LogP contribution in [0, 0.1) is 69.2 Å².